The van der Waals surface area contributed by atoms with E-state index >= 15 is 0 Å². The molecule has 182 valence electrons. The maximum absolute atomic E-state index is 9.19. The number of amides is 1. The summed E-state index contributed by atoms with van der Waals surface area (Å²) in [5.41, 5.74) is 8.99. The monoisotopic (exact) mass is 509 g/mol. The fourth-order valence-electron chi connectivity index (χ4n) is 4.22. The number of nitriles is 1. The summed E-state index contributed by atoms with van der Waals surface area (Å²) in [6.07, 6.45) is 1.43. The van der Waals surface area contributed by atoms with Gasteiger partial charge in [0.1, 0.15) is 0 Å². The van der Waals surface area contributed by atoms with Crippen molar-refractivity contribution in [3.8, 4) is 17.2 Å². The summed E-state index contributed by atoms with van der Waals surface area (Å²) in [5.74, 6) is 0. The number of primary amides is 1. The Kier molecular flexibility index (Phi) is 9.95. The molecule has 1 aliphatic rings. The van der Waals surface area contributed by atoms with Crippen molar-refractivity contribution in [2.75, 3.05) is 38.1 Å². The van der Waals surface area contributed by atoms with E-state index < -0.39 is 0 Å². The van der Waals surface area contributed by atoms with Gasteiger partial charge in [0.05, 0.1) is 11.6 Å². The summed E-state index contributed by atoms with van der Waals surface area (Å²) in [5, 5.41) is 13.8. The third-order valence-corrected chi connectivity index (χ3v) is 6.42. The number of likely N-dealkylation sites (N-methyl/N-ethyl adjacent to an activating group) is 1. The standard InChI is InChI=1S/C26H26Cl2N4.CH3NO/c1-30-24-9-10-31(18-24)11-12-32(26-15-22(27)14-23(28)16-26)25-7-5-20(6-8-25)21-4-2-3-19(13-21)17-29;2-1-3/h2-8,13-16,24,30H,9-12,18H2,1H3;1H,(H2,2,3). The lowest BCUT2D eigenvalue weighted by Crippen LogP contribution is -2.34. The topological polar surface area (TPSA) is 85.4 Å². The number of hydrogen-bond donors (Lipinski definition) is 2. The minimum Gasteiger partial charge on any atom is -0.372 e. The Hall–Kier alpha value is -3.08. The molecule has 1 saturated heterocycles. The van der Waals surface area contributed by atoms with Crippen LogP contribution in [0.3, 0.4) is 0 Å². The van der Waals surface area contributed by atoms with Gasteiger partial charge in [-0.1, -0.05) is 47.5 Å². The molecular formula is C27H29Cl2N5O. The van der Waals surface area contributed by atoms with Gasteiger partial charge in [-0.3, -0.25) is 9.69 Å². The van der Waals surface area contributed by atoms with Crippen molar-refractivity contribution in [2.45, 2.75) is 12.5 Å². The van der Waals surface area contributed by atoms with Crippen LogP contribution in [0.4, 0.5) is 11.4 Å². The molecule has 4 rings (SSSR count). The van der Waals surface area contributed by atoms with Crippen molar-refractivity contribution in [3.63, 3.8) is 0 Å². The molecule has 8 heteroatoms. The zero-order valence-electron chi connectivity index (χ0n) is 19.6. The zero-order chi connectivity index (χ0) is 25.2. The summed E-state index contributed by atoms with van der Waals surface area (Å²) < 4.78 is 0. The minimum absolute atomic E-state index is 0.250. The van der Waals surface area contributed by atoms with E-state index in [0.29, 0.717) is 21.7 Å². The van der Waals surface area contributed by atoms with Crippen LogP contribution < -0.4 is 16.0 Å². The van der Waals surface area contributed by atoms with Crippen LogP contribution in [0.1, 0.15) is 12.0 Å². The Morgan fingerprint density at radius 1 is 1.09 bits per heavy atom. The van der Waals surface area contributed by atoms with E-state index in [1.807, 2.05) is 43.4 Å². The van der Waals surface area contributed by atoms with Crippen LogP contribution in [-0.2, 0) is 4.79 Å². The Bertz CT molecular complexity index is 1140. The van der Waals surface area contributed by atoms with Crippen molar-refractivity contribution in [1.29, 1.82) is 5.26 Å². The normalized spacial score (nSPS) is 15.1. The predicted octanol–water partition coefficient (Wildman–Crippen LogP) is 5.07. The maximum atomic E-state index is 9.19. The summed E-state index contributed by atoms with van der Waals surface area (Å²) in [6, 6.07) is 24.5. The first kappa shape index (κ1) is 26.5. The summed E-state index contributed by atoms with van der Waals surface area (Å²) in [7, 11) is 2.03. The molecule has 0 radical (unpaired) electrons. The highest BCUT2D eigenvalue weighted by Crippen LogP contribution is 2.32. The van der Waals surface area contributed by atoms with E-state index in [0.717, 1.165) is 48.7 Å². The molecule has 6 nitrogen and oxygen atoms in total. The van der Waals surface area contributed by atoms with Crippen LogP contribution in [0.15, 0.2) is 66.7 Å². The highest BCUT2D eigenvalue weighted by atomic mass is 35.5. The highest BCUT2D eigenvalue weighted by molar-refractivity contribution is 6.35. The number of nitrogens with zero attached hydrogens (tertiary/aromatic N) is 3. The van der Waals surface area contributed by atoms with Crippen LogP contribution in [-0.4, -0.2) is 50.6 Å². The van der Waals surface area contributed by atoms with Gasteiger partial charge in [0.15, 0.2) is 0 Å². The Morgan fingerprint density at radius 2 is 1.77 bits per heavy atom. The quantitative estimate of drug-likeness (QED) is 0.434. The zero-order valence-corrected chi connectivity index (χ0v) is 21.1. The number of nitrogens with one attached hydrogen (secondary N) is 1. The molecule has 0 aromatic heterocycles. The number of halogens is 2. The summed E-state index contributed by atoms with van der Waals surface area (Å²) in [4.78, 5) is 13.3. The lowest BCUT2D eigenvalue weighted by molar-refractivity contribution is -0.106. The molecule has 0 saturated carbocycles. The van der Waals surface area contributed by atoms with Crippen LogP contribution in [0.5, 0.6) is 0 Å². The molecule has 1 aliphatic heterocycles. The first-order valence-electron chi connectivity index (χ1n) is 11.4. The average Bonchev–Trinajstić information content (AvgIpc) is 3.33. The smallest absolute Gasteiger partial charge is 0.204 e. The lowest BCUT2D eigenvalue weighted by atomic mass is 10.0. The first-order chi connectivity index (χ1) is 17.0. The fourth-order valence-corrected chi connectivity index (χ4v) is 4.73. The largest absolute Gasteiger partial charge is 0.372 e. The molecule has 1 unspecified atom stereocenters. The number of carbonyl (C=O) groups is 1. The summed E-state index contributed by atoms with van der Waals surface area (Å²) >= 11 is 12.6. The van der Waals surface area contributed by atoms with Crippen molar-refractivity contribution in [3.05, 3.63) is 82.3 Å². The Labute approximate surface area is 216 Å². The molecule has 0 bridgehead atoms. The fraction of sp³-hybridized carbons (Fsp3) is 0.259. The molecule has 3 aromatic rings. The van der Waals surface area contributed by atoms with Gasteiger partial charge < -0.3 is 16.0 Å². The van der Waals surface area contributed by atoms with Crippen molar-refractivity contribution in [2.24, 2.45) is 5.73 Å². The van der Waals surface area contributed by atoms with Gasteiger partial charge in [-0.25, -0.2) is 0 Å². The number of anilines is 2. The van der Waals surface area contributed by atoms with Gasteiger partial charge >= 0.3 is 0 Å². The van der Waals surface area contributed by atoms with E-state index in [1.54, 1.807) is 6.07 Å². The Balaban J connectivity index is 0.00000108. The molecule has 1 amide bonds. The molecule has 1 atom stereocenters. The second-order valence-corrected chi connectivity index (χ2v) is 9.10. The van der Waals surface area contributed by atoms with Crippen molar-refractivity contribution in [1.82, 2.24) is 10.2 Å². The second-order valence-electron chi connectivity index (χ2n) is 8.23. The minimum atomic E-state index is 0.250. The third-order valence-electron chi connectivity index (χ3n) is 5.98. The first-order valence-corrected chi connectivity index (χ1v) is 12.1. The molecule has 1 heterocycles. The lowest BCUT2D eigenvalue weighted by Gasteiger charge is -2.28. The van der Waals surface area contributed by atoms with E-state index in [1.165, 1.54) is 6.42 Å². The van der Waals surface area contributed by atoms with Crippen LogP contribution >= 0.6 is 23.2 Å². The van der Waals surface area contributed by atoms with Gasteiger partial charge in [0.2, 0.25) is 6.41 Å². The second kappa shape index (κ2) is 13.1. The van der Waals surface area contributed by atoms with E-state index in [2.05, 4.69) is 51.2 Å². The van der Waals surface area contributed by atoms with E-state index in [9.17, 15) is 5.26 Å². The van der Waals surface area contributed by atoms with Crippen molar-refractivity contribution < 1.29 is 4.79 Å². The number of likely N-dealkylation sites (tertiary alicyclic amines) is 1. The van der Waals surface area contributed by atoms with Gasteiger partial charge in [0.25, 0.3) is 0 Å². The van der Waals surface area contributed by atoms with Gasteiger partial charge in [0, 0.05) is 47.1 Å². The van der Waals surface area contributed by atoms with Crippen LogP contribution in [0, 0.1) is 11.3 Å². The molecule has 0 spiro atoms. The molecule has 35 heavy (non-hydrogen) atoms. The number of benzene rings is 3. The van der Waals surface area contributed by atoms with Gasteiger partial charge in [-0.2, -0.15) is 5.26 Å². The molecular weight excluding hydrogens is 481 g/mol. The molecule has 3 N–H and O–H groups in total. The molecule has 3 aromatic carbocycles. The van der Waals surface area contributed by atoms with Gasteiger partial charge in [-0.05, 0) is 73.6 Å². The number of nitrogens with two attached hydrogens (primary N) is 1. The van der Waals surface area contributed by atoms with Crippen LogP contribution in [0.2, 0.25) is 10.0 Å². The number of carbonyl (C=O) groups excluding carboxylic acids is 1. The Morgan fingerprint density at radius 3 is 2.37 bits per heavy atom. The SMILES string of the molecule is CNC1CCN(CCN(c2ccc(-c3cccc(C#N)c3)cc2)c2cc(Cl)cc(Cl)c2)C1.NC=O. The molecule has 0 aliphatic carbocycles. The number of hydrogen-bond acceptors (Lipinski definition) is 5. The highest BCUT2D eigenvalue weighted by Gasteiger charge is 2.22. The predicted molar refractivity (Wildman–Crippen MR) is 144 cm³/mol. The van der Waals surface area contributed by atoms with Gasteiger partial charge in [-0.15, -0.1) is 0 Å². The average molecular weight is 510 g/mol. The van der Waals surface area contributed by atoms with E-state index in [4.69, 9.17) is 28.0 Å². The van der Waals surface area contributed by atoms with E-state index in [-0.39, 0.29) is 6.41 Å². The third kappa shape index (κ3) is 7.45. The van der Waals surface area contributed by atoms with Crippen LogP contribution in [0.25, 0.3) is 11.1 Å². The molecule has 1 fully saturated rings. The van der Waals surface area contributed by atoms with Crippen molar-refractivity contribution >= 4 is 41.0 Å². The maximum Gasteiger partial charge on any atom is 0.204 e. The summed E-state index contributed by atoms with van der Waals surface area (Å²) in [6.45, 7) is 3.95. The number of rotatable bonds is 7.